The molecule has 0 bridgehead atoms. The molecule has 110 valence electrons. The molecule has 2 N–H and O–H groups in total. The lowest BCUT2D eigenvalue weighted by molar-refractivity contribution is 0.0692. The number of carboxylic acid groups (broad SMARTS) is 1. The third-order valence-electron chi connectivity index (χ3n) is 3.06. The molecular formula is C16H15F2NO2. The molecule has 0 aromatic heterocycles. The van der Waals surface area contributed by atoms with Gasteiger partial charge in [-0.1, -0.05) is 12.1 Å². The highest BCUT2D eigenvalue weighted by Crippen LogP contribution is 2.17. The summed E-state index contributed by atoms with van der Waals surface area (Å²) in [5.41, 5.74) is 1.12. The molecule has 1 unspecified atom stereocenters. The van der Waals surface area contributed by atoms with Crippen LogP contribution in [0.15, 0.2) is 42.5 Å². The van der Waals surface area contributed by atoms with Gasteiger partial charge in [0.05, 0.1) is 5.56 Å². The van der Waals surface area contributed by atoms with E-state index in [0.29, 0.717) is 12.1 Å². The van der Waals surface area contributed by atoms with Crippen LogP contribution < -0.4 is 5.32 Å². The number of aromatic carboxylic acids is 1. The molecule has 0 heterocycles. The molecule has 0 fully saturated rings. The van der Waals surface area contributed by atoms with Gasteiger partial charge in [-0.05, 0) is 49.2 Å². The highest BCUT2D eigenvalue weighted by atomic mass is 19.1. The zero-order valence-corrected chi connectivity index (χ0v) is 11.4. The maximum Gasteiger partial charge on any atom is 0.338 e. The first kappa shape index (κ1) is 15.0. The van der Waals surface area contributed by atoms with E-state index in [-0.39, 0.29) is 17.4 Å². The molecule has 0 aliphatic carbocycles. The molecular weight excluding hydrogens is 276 g/mol. The Morgan fingerprint density at radius 3 is 2.48 bits per heavy atom. The lowest BCUT2D eigenvalue weighted by Gasteiger charge is -2.16. The predicted molar refractivity (Wildman–Crippen MR) is 76.5 cm³/mol. The Balaban J connectivity index is 2.05. The van der Waals surface area contributed by atoms with Crippen LogP contribution in [0.1, 0.15) is 22.8 Å². The molecule has 2 aromatic rings. The van der Waals surface area contributed by atoms with Crippen molar-refractivity contribution < 1.29 is 18.7 Å². The second-order valence-corrected chi connectivity index (χ2v) is 4.88. The predicted octanol–water partition coefficient (Wildman–Crippen LogP) is 3.71. The van der Waals surface area contributed by atoms with E-state index in [4.69, 9.17) is 5.11 Å². The summed E-state index contributed by atoms with van der Waals surface area (Å²) in [5.74, 6) is -2.36. The van der Waals surface area contributed by atoms with E-state index in [1.165, 1.54) is 24.3 Å². The largest absolute Gasteiger partial charge is 0.478 e. The van der Waals surface area contributed by atoms with E-state index in [1.807, 2.05) is 6.92 Å². The minimum absolute atomic E-state index is 0.0115. The minimum Gasteiger partial charge on any atom is -0.478 e. The Kier molecular flexibility index (Phi) is 4.52. The zero-order valence-electron chi connectivity index (χ0n) is 11.4. The van der Waals surface area contributed by atoms with Gasteiger partial charge in [0.1, 0.15) is 11.6 Å². The first-order chi connectivity index (χ1) is 9.95. The lowest BCUT2D eigenvalue weighted by Crippen LogP contribution is -2.18. The van der Waals surface area contributed by atoms with Crippen molar-refractivity contribution in [1.82, 2.24) is 0 Å². The maximum atomic E-state index is 13.3. The van der Waals surface area contributed by atoms with Crippen molar-refractivity contribution in [1.29, 1.82) is 0 Å². The van der Waals surface area contributed by atoms with Crippen LogP contribution in [-0.4, -0.2) is 17.1 Å². The lowest BCUT2D eigenvalue weighted by atomic mass is 10.1. The highest BCUT2D eigenvalue weighted by molar-refractivity contribution is 5.89. The molecule has 2 rings (SSSR count). The van der Waals surface area contributed by atoms with Gasteiger partial charge in [-0.2, -0.15) is 0 Å². The van der Waals surface area contributed by atoms with Gasteiger partial charge in [-0.25, -0.2) is 13.6 Å². The van der Waals surface area contributed by atoms with E-state index in [1.54, 1.807) is 12.1 Å². The molecule has 21 heavy (non-hydrogen) atoms. The van der Waals surface area contributed by atoms with Crippen LogP contribution in [0.2, 0.25) is 0 Å². The van der Waals surface area contributed by atoms with Gasteiger partial charge in [-0.15, -0.1) is 0 Å². The summed E-state index contributed by atoms with van der Waals surface area (Å²) < 4.78 is 26.1. The molecule has 3 nitrogen and oxygen atoms in total. The van der Waals surface area contributed by atoms with Crippen LogP contribution in [0, 0.1) is 11.6 Å². The number of hydrogen-bond acceptors (Lipinski definition) is 2. The van der Waals surface area contributed by atoms with Crippen molar-refractivity contribution in [2.45, 2.75) is 19.4 Å². The standard InChI is InChI=1S/C16H15F2NO2/c1-10(8-11-2-4-12(17)5-3-11)19-13-6-7-15(18)14(9-13)16(20)21/h2-7,9-10,19H,8H2,1H3,(H,20,21). The topological polar surface area (TPSA) is 49.3 Å². The fourth-order valence-electron chi connectivity index (χ4n) is 2.09. The Morgan fingerprint density at radius 1 is 1.19 bits per heavy atom. The van der Waals surface area contributed by atoms with Gasteiger partial charge in [0.15, 0.2) is 0 Å². The van der Waals surface area contributed by atoms with Gasteiger partial charge < -0.3 is 10.4 Å². The fraction of sp³-hybridized carbons (Fsp3) is 0.188. The van der Waals surface area contributed by atoms with Crippen molar-refractivity contribution in [3.63, 3.8) is 0 Å². The van der Waals surface area contributed by atoms with Crippen molar-refractivity contribution >= 4 is 11.7 Å². The number of nitrogens with one attached hydrogen (secondary N) is 1. The summed E-state index contributed by atoms with van der Waals surface area (Å²) in [6.07, 6.45) is 0.639. The first-order valence-corrected chi connectivity index (χ1v) is 6.49. The second-order valence-electron chi connectivity index (χ2n) is 4.88. The fourth-order valence-corrected chi connectivity index (χ4v) is 2.09. The van der Waals surface area contributed by atoms with Crippen molar-refractivity contribution in [3.8, 4) is 0 Å². The molecule has 0 aliphatic heterocycles. The van der Waals surface area contributed by atoms with Crippen molar-refractivity contribution in [3.05, 3.63) is 65.2 Å². The van der Waals surface area contributed by atoms with Gasteiger partial charge >= 0.3 is 5.97 Å². The number of halogens is 2. The molecule has 0 radical (unpaired) electrons. The number of rotatable bonds is 5. The number of anilines is 1. The summed E-state index contributed by atoms with van der Waals surface area (Å²) in [6, 6.07) is 10.0. The van der Waals surface area contributed by atoms with Crippen LogP contribution in [0.25, 0.3) is 0 Å². The maximum absolute atomic E-state index is 13.3. The van der Waals surface area contributed by atoms with E-state index in [9.17, 15) is 13.6 Å². The van der Waals surface area contributed by atoms with Crippen molar-refractivity contribution in [2.75, 3.05) is 5.32 Å². The third-order valence-corrected chi connectivity index (χ3v) is 3.06. The van der Waals surface area contributed by atoms with Crippen LogP contribution in [0.4, 0.5) is 14.5 Å². The van der Waals surface area contributed by atoms with E-state index >= 15 is 0 Å². The Labute approximate surface area is 121 Å². The third kappa shape index (κ3) is 4.02. The minimum atomic E-state index is -1.30. The smallest absolute Gasteiger partial charge is 0.338 e. The first-order valence-electron chi connectivity index (χ1n) is 6.49. The van der Waals surface area contributed by atoms with Gasteiger partial charge in [0.2, 0.25) is 0 Å². The van der Waals surface area contributed by atoms with E-state index < -0.39 is 11.8 Å². The van der Waals surface area contributed by atoms with Crippen LogP contribution in [0.5, 0.6) is 0 Å². The zero-order chi connectivity index (χ0) is 15.4. The summed E-state index contributed by atoms with van der Waals surface area (Å²) in [5, 5.41) is 12.0. The number of carbonyl (C=O) groups is 1. The quantitative estimate of drug-likeness (QED) is 0.883. The number of benzene rings is 2. The highest BCUT2D eigenvalue weighted by Gasteiger charge is 2.12. The van der Waals surface area contributed by atoms with Gasteiger partial charge in [0.25, 0.3) is 0 Å². The molecule has 5 heteroatoms. The molecule has 2 aromatic carbocycles. The summed E-state index contributed by atoms with van der Waals surface area (Å²) >= 11 is 0. The van der Waals surface area contributed by atoms with Gasteiger partial charge in [-0.3, -0.25) is 0 Å². The monoisotopic (exact) mass is 291 g/mol. The summed E-state index contributed by atoms with van der Waals surface area (Å²) in [7, 11) is 0. The van der Waals surface area contributed by atoms with Crippen LogP contribution >= 0.6 is 0 Å². The summed E-state index contributed by atoms with van der Waals surface area (Å²) in [4.78, 5) is 10.9. The molecule has 0 saturated carbocycles. The summed E-state index contributed by atoms with van der Waals surface area (Å²) in [6.45, 7) is 1.91. The Hall–Kier alpha value is -2.43. The van der Waals surface area contributed by atoms with Gasteiger partial charge in [0, 0.05) is 11.7 Å². The molecule has 0 saturated heterocycles. The molecule has 0 aliphatic rings. The van der Waals surface area contributed by atoms with E-state index in [2.05, 4.69) is 5.32 Å². The Morgan fingerprint density at radius 2 is 1.86 bits per heavy atom. The SMILES string of the molecule is CC(Cc1ccc(F)cc1)Nc1ccc(F)c(C(=O)O)c1. The average molecular weight is 291 g/mol. The normalized spacial score (nSPS) is 12.0. The van der Waals surface area contributed by atoms with Crippen molar-refractivity contribution in [2.24, 2.45) is 0 Å². The van der Waals surface area contributed by atoms with Crippen LogP contribution in [0.3, 0.4) is 0 Å². The second kappa shape index (κ2) is 6.35. The number of carboxylic acids is 1. The molecule has 1 atom stereocenters. The average Bonchev–Trinajstić information content (AvgIpc) is 2.43. The van der Waals surface area contributed by atoms with E-state index in [0.717, 1.165) is 11.6 Å². The molecule has 0 spiro atoms. The van der Waals surface area contributed by atoms with Crippen LogP contribution in [-0.2, 0) is 6.42 Å². The number of hydrogen-bond donors (Lipinski definition) is 2. The molecule has 0 amide bonds. The Bertz CT molecular complexity index is 641.